The molecule has 0 aliphatic carbocycles. The number of esters is 1. The second kappa shape index (κ2) is 8.72. The highest BCUT2D eigenvalue weighted by Gasteiger charge is 2.12. The molecule has 0 aromatic rings. The van der Waals surface area contributed by atoms with Crippen LogP contribution in [0.3, 0.4) is 0 Å². The lowest BCUT2D eigenvalue weighted by Crippen LogP contribution is -2.17. The quantitative estimate of drug-likeness (QED) is 0.479. The van der Waals surface area contributed by atoms with Crippen LogP contribution >= 0.6 is 11.6 Å². The smallest absolute Gasteiger partial charge is 0.306 e. The van der Waals surface area contributed by atoms with Gasteiger partial charge in [-0.25, -0.2) is 0 Å². The van der Waals surface area contributed by atoms with Crippen LogP contribution in [-0.4, -0.2) is 17.3 Å². The van der Waals surface area contributed by atoms with Crippen LogP contribution in [0.15, 0.2) is 0 Å². The van der Waals surface area contributed by atoms with Crippen LogP contribution < -0.4 is 0 Å². The molecule has 0 heterocycles. The number of carbonyl (C=O) groups excluding carboxylic acids is 2. The van der Waals surface area contributed by atoms with Crippen molar-refractivity contribution < 1.29 is 14.3 Å². The molecule has 0 saturated heterocycles. The van der Waals surface area contributed by atoms with Crippen molar-refractivity contribution in [3.8, 4) is 0 Å². The standard InChI is InChI=1S/C11H19ClO3/c1-3-5-6-9(4-2)15-11(14)8-7-10(12)13/h9H,3-8H2,1-2H3. The lowest BCUT2D eigenvalue weighted by Gasteiger charge is -2.15. The molecule has 0 fully saturated rings. The van der Waals surface area contributed by atoms with Crippen LogP contribution in [0.2, 0.25) is 0 Å². The molecule has 0 radical (unpaired) electrons. The van der Waals surface area contributed by atoms with E-state index in [-0.39, 0.29) is 24.9 Å². The highest BCUT2D eigenvalue weighted by molar-refractivity contribution is 6.63. The van der Waals surface area contributed by atoms with E-state index in [0.717, 1.165) is 25.7 Å². The number of halogens is 1. The molecule has 0 amide bonds. The fraction of sp³-hybridized carbons (Fsp3) is 0.818. The third kappa shape index (κ3) is 8.43. The molecule has 1 unspecified atom stereocenters. The summed E-state index contributed by atoms with van der Waals surface area (Å²) in [7, 11) is 0. The SMILES string of the molecule is CCCCC(CC)OC(=O)CCC(=O)Cl. The van der Waals surface area contributed by atoms with Crippen molar-refractivity contribution in [2.45, 2.75) is 58.5 Å². The maximum absolute atomic E-state index is 11.2. The minimum Gasteiger partial charge on any atom is -0.462 e. The Bertz CT molecular complexity index is 204. The zero-order valence-electron chi connectivity index (χ0n) is 9.42. The van der Waals surface area contributed by atoms with Gasteiger partial charge in [0, 0.05) is 6.42 Å². The van der Waals surface area contributed by atoms with Crippen LogP contribution in [0.4, 0.5) is 0 Å². The maximum atomic E-state index is 11.2. The average Bonchev–Trinajstić information content (AvgIpc) is 2.21. The molecule has 0 saturated carbocycles. The molecule has 0 aliphatic rings. The Morgan fingerprint density at radius 2 is 1.93 bits per heavy atom. The van der Waals surface area contributed by atoms with Crippen LogP contribution in [0.5, 0.6) is 0 Å². The van der Waals surface area contributed by atoms with Crippen LogP contribution in [0.25, 0.3) is 0 Å². The number of ether oxygens (including phenoxy) is 1. The molecule has 0 aromatic heterocycles. The van der Waals surface area contributed by atoms with Gasteiger partial charge in [-0.15, -0.1) is 0 Å². The van der Waals surface area contributed by atoms with Gasteiger partial charge in [-0.3, -0.25) is 9.59 Å². The van der Waals surface area contributed by atoms with E-state index in [4.69, 9.17) is 16.3 Å². The summed E-state index contributed by atoms with van der Waals surface area (Å²) in [5.74, 6) is -0.327. The molecule has 4 heteroatoms. The van der Waals surface area contributed by atoms with Gasteiger partial charge in [0.2, 0.25) is 5.24 Å². The van der Waals surface area contributed by atoms with Crippen molar-refractivity contribution in [3.05, 3.63) is 0 Å². The van der Waals surface area contributed by atoms with E-state index in [0.29, 0.717) is 0 Å². The molecular formula is C11H19ClO3. The Hall–Kier alpha value is -0.570. The van der Waals surface area contributed by atoms with Gasteiger partial charge in [0.05, 0.1) is 6.42 Å². The Labute approximate surface area is 96.1 Å². The summed E-state index contributed by atoms with van der Waals surface area (Å²) in [6.45, 7) is 4.08. The normalized spacial score (nSPS) is 12.2. The second-order valence-corrected chi connectivity index (χ2v) is 3.94. The summed E-state index contributed by atoms with van der Waals surface area (Å²) in [5, 5.41) is -0.492. The molecule has 1 atom stereocenters. The van der Waals surface area contributed by atoms with Crippen LogP contribution in [0, 0.1) is 0 Å². The Morgan fingerprint density at radius 3 is 2.40 bits per heavy atom. The maximum Gasteiger partial charge on any atom is 0.306 e. The van der Waals surface area contributed by atoms with Crippen molar-refractivity contribution in [2.75, 3.05) is 0 Å². The predicted molar refractivity (Wildman–Crippen MR) is 59.8 cm³/mol. The summed E-state index contributed by atoms with van der Waals surface area (Å²) in [4.78, 5) is 21.7. The summed E-state index contributed by atoms with van der Waals surface area (Å²) in [6, 6.07) is 0. The summed E-state index contributed by atoms with van der Waals surface area (Å²) in [6.07, 6.45) is 4.00. The summed E-state index contributed by atoms with van der Waals surface area (Å²) >= 11 is 5.13. The number of carbonyl (C=O) groups is 2. The molecule has 0 bridgehead atoms. The number of unbranched alkanes of at least 4 members (excludes halogenated alkanes) is 1. The molecule has 0 N–H and O–H groups in total. The van der Waals surface area contributed by atoms with Crippen molar-refractivity contribution in [1.29, 1.82) is 0 Å². The van der Waals surface area contributed by atoms with Crippen LogP contribution in [-0.2, 0) is 14.3 Å². The van der Waals surface area contributed by atoms with Gasteiger partial charge in [-0.2, -0.15) is 0 Å². The van der Waals surface area contributed by atoms with Crippen molar-refractivity contribution in [1.82, 2.24) is 0 Å². The summed E-state index contributed by atoms with van der Waals surface area (Å²) < 4.78 is 5.20. The topological polar surface area (TPSA) is 43.4 Å². The predicted octanol–water partition coefficient (Wildman–Crippen LogP) is 3.04. The average molecular weight is 235 g/mol. The number of hydrogen-bond acceptors (Lipinski definition) is 3. The first kappa shape index (κ1) is 14.4. The first-order valence-corrected chi connectivity index (χ1v) is 5.85. The first-order chi connectivity index (χ1) is 7.10. The fourth-order valence-electron chi connectivity index (χ4n) is 1.22. The highest BCUT2D eigenvalue weighted by atomic mass is 35.5. The molecular weight excluding hydrogens is 216 g/mol. The summed E-state index contributed by atoms with van der Waals surface area (Å²) in [5.41, 5.74) is 0. The van der Waals surface area contributed by atoms with Gasteiger partial charge in [-0.05, 0) is 24.4 Å². The van der Waals surface area contributed by atoms with Crippen molar-refractivity contribution >= 4 is 22.8 Å². The zero-order chi connectivity index (χ0) is 11.7. The largest absolute Gasteiger partial charge is 0.462 e. The van der Waals surface area contributed by atoms with Gasteiger partial charge in [0.1, 0.15) is 6.10 Å². The monoisotopic (exact) mass is 234 g/mol. The van der Waals surface area contributed by atoms with E-state index >= 15 is 0 Å². The minimum absolute atomic E-state index is 0.0112. The Morgan fingerprint density at radius 1 is 1.27 bits per heavy atom. The first-order valence-electron chi connectivity index (χ1n) is 5.47. The van der Waals surface area contributed by atoms with Crippen molar-refractivity contribution in [2.24, 2.45) is 0 Å². The van der Waals surface area contributed by atoms with E-state index in [9.17, 15) is 9.59 Å². The minimum atomic E-state index is -0.492. The van der Waals surface area contributed by atoms with E-state index in [1.165, 1.54) is 0 Å². The van der Waals surface area contributed by atoms with Crippen molar-refractivity contribution in [3.63, 3.8) is 0 Å². The van der Waals surface area contributed by atoms with Gasteiger partial charge in [0.25, 0.3) is 0 Å². The van der Waals surface area contributed by atoms with E-state index in [2.05, 4.69) is 6.92 Å². The van der Waals surface area contributed by atoms with Gasteiger partial charge in [0.15, 0.2) is 0 Å². The lowest BCUT2D eigenvalue weighted by molar-refractivity contribution is -0.150. The number of rotatable bonds is 8. The molecule has 0 aromatic carbocycles. The molecule has 0 rings (SSSR count). The number of hydrogen-bond donors (Lipinski definition) is 0. The second-order valence-electron chi connectivity index (χ2n) is 3.52. The Balaban J connectivity index is 3.74. The third-order valence-electron chi connectivity index (χ3n) is 2.16. The molecule has 88 valence electrons. The fourth-order valence-corrected chi connectivity index (χ4v) is 1.32. The van der Waals surface area contributed by atoms with E-state index in [1.807, 2.05) is 6.92 Å². The van der Waals surface area contributed by atoms with Gasteiger partial charge < -0.3 is 4.74 Å². The molecule has 15 heavy (non-hydrogen) atoms. The zero-order valence-corrected chi connectivity index (χ0v) is 10.2. The van der Waals surface area contributed by atoms with E-state index < -0.39 is 5.24 Å². The van der Waals surface area contributed by atoms with E-state index in [1.54, 1.807) is 0 Å². The highest BCUT2D eigenvalue weighted by Crippen LogP contribution is 2.10. The molecule has 3 nitrogen and oxygen atoms in total. The third-order valence-corrected chi connectivity index (χ3v) is 2.35. The lowest BCUT2D eigenvalue weighted by atomic mass is 10.1. The van der Waals surface area contributed by atoms with Gasteiger partial charge >= 0.3 is 5.97 Å². The van der Waals surface area contributed by atoms with Crippen LogP contribution in [0.1, 0.15) is 52.4 Å². The Kier molecular flexibility index (Phi) is 8.38. The molecule has 0 aliphatic heterocycles. The van der Waals surface area contributed by atoms with Gasteiger partial charge in [-0.1, -0.05) is 26.7 Å². The molecule has 0 spiro atoms.